The third-order valence-corrected chi connectivity index (χ3v) is 5.48. The van der Waals surface area contributed by atoms with E-state index in [4.69, 9.17) is 16.3 Å². The van der Waals surface area contributed by atoms with Gasteiger partial charge in [0.05, 0.1) is 25.4 Å². The Morgan fingerprint density at radius 2 is 1.75 bits per heavy atom. The molecule has 0 atom stereocenters. The van der Waals surface area contributed by atoms with Crippen LogP contribution in [0, 0.1) is 13.8 Å². The Labute approximate surface area is 189 Å². The monoisotopic (exact) mass is 454 g/mol. The Morgan fingerprint density at radius 1 is 1.06 bits per heavy atom. The first-order valence-corrected chi connectivity index (χ1v) is 10.7. The minimum atomic E-state index is -0.730. The van der Waals surface area contributed by atoms with Crippen molar-refractivity contribution in [3.8, 4) is 5.69 Å². The van der Waals surface area contributed by atoms with Gasteiger partial charge in [-0.05, 0) is 54.8 Å². The van der Waals surface area contributed by atoms with E-state index in [-0.39, 0.29) is 12.2 Å². The largest absolute Gasteiger partial charge is 0.378 e. The summed E-state index contributed by atoms with van der Waals surface area (Å²) in [6.07, 6.45) is 0. The molecule has 1 aliphatic rings. The predicted molar refractivity (Wildman–Crippen MR) is 121 cm³/mol. The van der Waals surface area contributed by atoms with Gasteiger partial charge in [0, 0.05) is 18.1 Å². The van der Waals surface area contributed by atoms with Crippen molar-refractivity contribution in [1.29, 1.82) is 0 Å². The predicted octanol–water partition coefficient (Wildman–Crippen LogP) is 2.19. The van der Waals surface area contributed by atoms with Crippen molar-refractivity contribution in [3.63, 3.8) is 0 Å². The van der Waals surface area contributed by atoms with Crippen molar-refractivity contribution >= 4 is 17.5 Å². The van der Waals surface area contributed by atoms with Gasteiger partial charge in [-0.15, -0.1) is 0 Å². The molecule has 1 aromatic heterocycles. The molecule has 9 heteroatoms. The highest BCUT2D eigenvalue weighted by Crippen LogP contribution is 2.13. The number of ether oxygens (including phenoxy) is 1. The number of amides is 1. The number of aryl methyl sites for hydroxylation is 2. The molecule has 1 fully saturated rings. The zero-order valence-corrected chi connectivity index (χ0v) is 18.6. The number of carbonyl (C=O) groups excluding carboxylic acids is 1. The molecule has 0 N–H and O–H groups in total. The Balaban J connectivity index is 1.90. The van der Waals surface area contributed by atoms with Crippen molar-refractivity contribution in [2.75, 3.05) is 26.3 Å². The number of nitrogens with zero attached hydrogens (tertiary/aromatic N) is 4. The fourth-order valence-electron chi connectivity index (χ4n) is 3.76. The zero-order valence-electron chi connectivity index (χ0n) is 17.9. The first-order valence-electron chi connectivity index (χ1n) is 10.3. The topological polar surface area (TPSA) is 86.4 Å². The third-order valence-electron chi connectivity index (χ3n) is 5.24. The molecule has 0 saturated carbocycles. The van der Waals surface area contributed by atoms with Crippen LogP contribution in [0.2, 0.25) is 5.02 Å². The number of rotatable bonds is 4. The molecule has 8 nitrogen and oxygen atoms in total. The van der Waals surface area contributed by atoms with Crippen molar-refractivity contribution in [3.05, 3.63) is 90.7 Å². The van der Waals surface area contributed by atoms with E-state index in [9.17, 15) is 14.4 Å². The molecule has 2 heterocycles. The van der Waals surface area contributed by atoms with Crippen LogP contribution in [0.15, 0.2) is 52.1 Å². The van der Waals surface area contributed by atoms with Gasteiger partial charge in [-0.1, -0.05) is 29.8 Å². The standard InChI is InChI=1S/C23H23ClN4O4/c1-15-10-16(2)12-19(11-15)28-23(31)27(14-17-4-3-5-18(24)13-17)22(30)20(25-28)21(29)26-6-8-32-9-7-26/h3-5,10-13H,6-9,14H2,1-2H3. The number of hydrogen-bond donors (Lipinski definition) is 0. The molecule has 1 saturated heterocycles. The lowest BCUT2D eigenvalue weighted by atomic mass is 10.1. The van der Waals surface area contributed by atoms with E-state index in [0.717, 1.165) is 20.4 Å². The molecule has 0 bridgehead atoms. The van der Waals surface area contributed by atoms with Gasteiger partial charge in [0.2, 0.25) is 5.69 Å². The highest BCUT2D eigenvalue weighted by atomic mass is 35.5. The fourth-order valence-corrected chi connectivity index (χ4v) is 3.98. The first kappa shape index (κ1) is 22.0. The van der Waals surface area contributed by atoms with E-state index in [1.54, 1.807) is 36.4 Å². The number of aromatic nitrogens is 3. The Bertz CT molecular complexity index is 1270. The number of benzene rings is 2. The normalized spacial score (nSPS) is 13.9. The van der Waals surface area contributed by atoms with Gasteiger partial charge >= 0.3 is 5.69 Å². The lowest BCUT2D eigenvalue weighted by Crippen LogP contribution is -2.48. The van der Waals surface area contributed by atoms with Crippen LogP contribution in [0.1, 0.15) is 27.2 Å². The molecule has 4 rings (SSSR count). The van der Waals surface area contributed by atoms with Crippen LogP contribution in [-0.2, 0) is 11.3 Å². The molecule has 2 aromatic carbocycles. The maximum Gasteiger partial charge on any atom is 0.352 e. The smallest absolute Gasteiger partial charge is 0.352 e. The summed E-state index contributed by atoms with van der Waals surface area (Å²) in [5.74, 6) is -0.517. The molecule has 0 radical (unpaired) electrons. The molecular formula is C23H23ClN4O4. The summed E-state index contributed by atoms with van der Waals surface area (Å²) in [4.78, 5) is 41.3. The van der Waals surface area contributed by atoms with Crippen LogP contribution in [0.5, 0.6) is 0 Å². The van der Waals surface area contributed by atoms with Crippen LogP contribution < -0.4 is 11.2 Å². The SMILES string of the molecule is Cc1cc(C)cc(-n2nc(C(=O)N3CCOCC3)c(=O)n(Cc3cccc(Cl)c3)c2=O)c1. The second-order valence-electron chi connectivity index (χ2n) is 7.81. The van der Waals surface area contributed by atoms with Crippen LogP contribution in [0.25, 0.3) is 5.69 Å². The van der Waals surface area contributed by atoms with Gasteiger partial charge < -0.3 is 9.64 Å². The number of hydrogen-bond acceptors (Lipinski definition) is 5. The maximum atomic E-state index is 13.3. The van der Waals surface area contributed by atoms with Crippen LogP contribution in [-0.4, -0.2) is 51.5 Å². The molecule has 0 unspecified atom stereocenters. The summed E-state index contributed by atoms with van der Waals surface area (Å²) in [6, 6.07) is 12.4. The van der Waals surface area contributed by atoms with Crippen molar-refractivity contribution in [2.45, 2.75) is 20.4 Å². The second-order valence-corrected chi connectivity index (χ2v) is 8.25. The molecule has 1 amide bonds. The van der Waals surface area contributed by atoms with Gasteiger partial charge in [0.1, 0.15) is 0 Å². The van der Waals surface area contributed by atoms with E-state index in [1.807, 2.05) is 19.9 Å². The average molecular weight is 455 g/mol. The molecule has 32 heavy (non-hydrogen) atoms. The minimum Gasteiger partial charge on any atom is -0.378 e. The third kappa shape index (κ3) is 4.51. The summed E-state index contributed by atoms with van der Waals surface area (Å²) in [5, 5.41) is 4.72. The van der Waals surface area contributed by atoms with Crippen molar-refractivity contribution < 1.29 is 9.53 Å². The van der Waals surface area contributed by atoms with E-state index in [2.05, 4.69) is 5.10 Å². The fraction of sp³-hybridized carbons (Fsp3) is 0.304. The highest BCUT2D eigenvalue weighted by molar-refractivity contribution is 6.30. The van der Waals surface area contributed by atoms with Crippen LogP contribution in [0.3, 0.4) is 0 Å². The Kier molecular flexibility index (Phi) is 6.25. The van der Waals surface area contributed by atoms with Gasteiger partial charge in [-0.3, -0.25) is 14.2 Å². The van der Waals surface area contributed by atoms with E-state index < -0.39 is 17.2 Å². The molecular weight excluding hydrogens is 432 g/mol. The Morgan fingerprint density at radius 3 is 2.41 bits per heavy atom. The van der Waals surface area contributed by atoms with E-state index in [1.165, 1.54) is 4.90 Å². The van der Waals surface area contributed by atoms with Crippen LogP contribution >= 0.6 is 11.6 Å². The summed E-state index contributed by atoms with van der Waals surface area (Å²) < 4.78 is 7.46. The lowest BCUT2D eigenvalue weighted by Gasteiger charge is -2.26. The number of halogens is 1. The van der Waals surface area contributed by atoms with E-state index >= 15 is 0 Å². The first-order chi connectivity index (χ1) is 15.3. The summed E-state index contributed by atoms with van der Waals surface area (Å²) in [7, 11) is 0. The van der Waals surface area contributed by atoms with Gasteiger partial charge in [-0.25, -0.2) is 4.79 Å². The second kappa shape index (κ2) is 9.10. The Hall–Kier alpha value is -3.23. The molecule has 166 valence electrons. The quantitative estimate of drug-likeness (QED) is 0.603. The maximum absolute atomic E-state index is 13.3. The zero-order chi connectivity index (χ0) is 22.8. The molecule has 1 aliphatic heterocycles. The summed E-state index contributed by atoms with van der Waals surface area (Å²) in [5.41, 5.74) is 1.37. The van der Waals surface area contributed by atoms with Gasteiger partial charge in [-0.2, -0.15) is 9.78 Å². The number of morpholine rings is 1. The van der Waals surface area contributed by atoms with Crippen LogP contribution in [0.4, 0.5) is 0 Å². The van der Waals surface area contributed by atoms with Crippen molar-refractivity contribution in [2.24, 2.45) is 0 Å². The van der Waals surface area contributed by atoms with Gasteiger partial charge in [0.25, 0.3) is 11.5 Å². The summed E-state index contributed by atoms with van der Waals surface area (Å²) in [6.45, 7) is 5.27. The summed E-state index contributed by atoms with van der Waals surface area (Å²) >= 11 is 6.08. The minimum absolute atomic E-state index is 0.0328. The number of carbonyl (C=O) groups is 1. The van der Waals surface area contributed by atoms with Gasteiger partial charge in [0.15, 0.2) is 0 Å². The molecule has 0 spiro atoms. The average Bonchev–Trinajstić information content (AvgIpc) is 2.76. The molecule has 3 aromatic rings. The van der Waals surface area contributed by atoms with E-state index in [0.29, 0.717) is 42.6 Å². The lowest BCUT2D eigenvalue weighted by molar-refractivity contribution is 0.0295. The highest BCUT2D eigenvalue weighted by Gasteiger charge is 2.26. The van der Waals surface area contributed by atoms with Crippen molar-refractivity contribution in [1.82, 2.24) is 19.2 Å². The molecule has 0 aliphatic carbocycles.